The molecule has 35 heavy (non-hydrogen) atoms. The molecule has 0 amide bonds. The van der Waals surface area contributed by atoms with Crippen LogP contribution in [0.4, 0.5) is 11.6 Å². The molecule has 1 aromatic heterocycles. The number of nitrogens with zero attached hydrogens (tertiary/aromatic N) is 1. The van der Waals surface area contributed by atoms with Crippen LogP contribution in [0.2, 0.25) is 0 Å². The SMILES string of the molecule is O=S(=O)(c1ccccc1)c1cc(NC2CCC(O)CC2)nc(NC2CC(c3ccccc3)NN2)c1. The number of nitrogens with one attached hydrogen (secondary N) is 4. The van der Waals surface area contributed by atoms with Crippen molar-refractivity contribution in [2.45, 2.75) is 66.2 Å². The molecule has 3 aromatic rings. The topological polar surface area (TPSA) is 115 Å². The average molecular weight is 494 g/mol. The van der Waals surface area contributed by atoms with Crippen molar-refractivity contribution in [2.75, 3.05) is 10.6 Å². The Morgan fingerprint density at radius 3 is 2.11 bits per heavy atom. The van der Waals surface area contributed by atoms with Crippen molar-refractivity contribution in [1.29, 1.82) is 0 Å². The maximum absolute atomic E-state index is 13.4. The number of rotatable bonds is 7. The molecule has 0 radical (unpaired) electrons. The van der Waals surface area contributed by atoms with Gasteiger partial charge in [0.2, 0.25) is 9.84 Å². The Hall–Kier alpha value is -2.98. The second-order valence-corrected chi connectivity index (χ2v) is 11.2. The molecule has 8 nitrogen and oxygen atoms in total. The monoisotopic (exact) mass is 493 g/mol. The lowest BCUT2D eigenvalue weighted by Crippen LogP contribution is -2.36. The second-order valence-electron chi connectivity index (χ2n) is 9.22. The fourth-order valence-corrected chi connectivity index (χ4v) is 6.03. The zero-order valence-electron chi connectivity index (χ0n) is 19.4. The zero-order valence-corrected chi connectivity index (χ0v) is 20.2. The highest BCUT2D eigenvalue weighted by molar-refractivity contribution is 7.91. The number of aromatic nitrogens is 1. The highest BCUT2D eigenvalue weighted by Gasteiger charge is 2.27. The molecule has 0 bridgehead atoms. The number of hydrogen-bond donors (Lipinski definition) is 5. The first-order chi connectivity index (χ1) is 17.0. The molecule has 1 saturated carbocycles. The molecule has 1 aliphatic carbocycles. The van der Waals surface area contributed by atoms with E-state index in [1.165, 1.54) is 5.56 Å². The van der Waals surface area contributed by atoms with E-state index in [4.69, 9.17) is 4.98 Å². The second kappa shape index (κ2) is 10.3. The van der Waals surface area contributed by atoms with Crippen LogP contribution < -0.4 is 21.5 Å². The predicted octanol–water partition coefficient (Wildman–Crippen LogP) is 3.61. The quantitative estimate of drug-likeness (QED) is 0.339. The molecule has 1 aliphatic heterocycles. The van der Waals surface area contributed by atoms with Gasteiger partial charge in [-0.25, -0.2) is 24.3 Å². The maximum atomic E-state index is 13.4. The Bertz CT molecular complexity index is 1230. The third kappa shape index (κ3) is 5.65. The number of sulfone groups is 1. The molecule has 5 rings (SSSR count). The summed E-state index contributed by atoms with van der Waals surface area (Å²) in [6.07, 6.45) is 3.46. The zero-order chi connectivity index (χ0) is 24.3. The van der Waals surface area contributed by atoms with Crippen LogP contribution in [0, 0.1) is 0 Å². The van der Waals surface area contributed by atoms with Gasteiger partial charge in [0.1, 0.15) is 11.6 Å². The first-order valence-electron chi connectivity index (χ1n) is 12.1. The van der Waals surface area contributed by atoms with Crippen LogP contribution in [0.25, 0.3) is 0 Å². The van der Waals surface area contributed by atoms with Crippen LogP contribution in [-0.2, 0) is 9.84 Å². The normalized spacial score (nSPS) is 24.7. The van der Waals surface area contributed by atoms with Crippen LogP contribution in [-0.4, -0.2) is 36.8 Å². The lowest BCUT2D eigenvalue weighted by molar-refractivity contribution is 0.126. The lowest BCUT2D eigenvalue weighted by Gasteiger charge is -2.27. The molecule has 2 heterocycles. The number of aliphatic hydroxyl groups is 1. The van der Waals surface area contributed by atoms with Crippen molar-refractivity contribution >= 4 is 21.5 Å². The van der Waals surface area contributed by atoms with Crippen molar-refractivity contribution < 1.29 is 13.5 Å². The van der Waals surface area contributed by atoms with Gasteiger partial charge in [-0.3, -0.25) is 0 Å². The van der Waals surface area contributed by atoms with E-state index < -0.39 is 9.84 Å². The van der Waals surface area contributed by atoms with Gasteiger partial charge in [-0.05, 0) is 55.5 Å². The smallest absolute Gasteiger partial charge is 0.206 e. The van der Waals surface area contributed by atoms with Gasteiger partial charge >= 0.3 is 0 Å². The fourth-order valence-electron chi connectivity index (χ4n) is 4.71. The summed E-state index contributed by atoms with van der Waals surface area (Å²) < 4.78 is 26.8. The summed E-state index contributed by atoms with van der Waals surface area (Å²) in [7, 11) is -3.72. The van der Waals surface area contributed by atoms with Gasteiger partial charge in [0.25, 0.3) is 0 Å². The Balaban J connectivity index is 1.40. The summed E-state index contributed by atoms with van der Waals surface area (Å²) in [5.74, 6) is 0.991. The molecule has 1 saturated heterocycles. The Labute approximate surface area is 206 Å². The van der Waals surface area contributed by atoms with E-state index in [1.54, 1.807) is 42.5 Å². The number of anilines is 2. The summed E-state index contributed by atoms with van der Waals surface area (Å²) in [5, 5.41) is 16.6. The summed E-state index contributed by atoms with van der Waals surface area (Å²) in [5.41, 5.74) is 7.73. The molecular weight excluding hydrogens is 462 g/mol. The minimum Gasteiger partial charge on any atom is -0.393 e. The minimum absolute atomic E-state index is 0.125. The van der Waals surface area contributed by atoms with Crippen molar-refractivity contribution in [1.82, 2.24) is 15.8 Å². The van der Waals surface area contributed by atoms with E-state index in [0.717, 1.165) is 32.1 Å². The Morgan fingerprint density at radius 1 is 0.800 bits per heavy atom. The average Bonchev–Trinajstić information content (AvgIpc) is 3.35. The lowest BCUT2D eigenvalue weighted by atomic mass is 9.93. The van der Waals surface area contributed by atoms with Crippen molar-refractivity contribution in [3.8, 4) is 0 Å². The fraction of sp³-hybridized carbons (Fsp3) is 0.346. The number of benzene rings is 2. The Kier molecular flexibility index (Phi) is 7.01. The van der Waals surface area contributed by atoms with Crippen LogP contribution in [0.3, 0.4) is 0 Å². The van der Waals surface area contributed by atoms with Crippen molar-refractivity contribution in [2.24, 2.45) is 0 Å². The third-order valence-corrected chi connectivity index (χ3v) is 8.39. The van der Waals surface area contributed by atoms with E-state index >= 15 is 0 Å². The molecule has 2 fully saturated rings. The number of hydrazine groups is 1. The third-order valence-electron chi connectivity index (χ3n) is 6.64. The van der Waals surface area contributed by atoms with E-state index in [1.807, 2.05) is 18.2 Å². The Morgan fingerprint density at radius 2 is 1.43 bits per heavy atom. The first-order valence-corrected chi connectivity index (χ1v) is 13.5. The summed E-state index contributed by atoms with van der Waals surface area (Å²) in [6.45, 7) is 0. The van der Waals surface area contributed by atoms with E-state index in [-0.39, 0.29) is 34.1 Å². The molecule has 5 N–H and O–H groups in total. The number of aliphatic hydroxyl groups excluding tert-OH is 1. The largest absolute Gasteiger partial charge is 0.393 e. The van der Waals surface area contributed by atoms with Gasteiger partial charge in [0, 0.05) is 18.5 Å². The predicted molar refractivity (Wildman–Crippen MR) is 135 cm³/mol. The molecule has 184 valence electrons. The number of hydrogen-bond acceptors (Lipinski definition) is 8. The minimum atomic E-state index is -3.72. The summed E-state index contributed by atoms with van der Waals surface area (Å²) >= 11 is 0. The molecule has 0 spiro atoms. The molecular formula is C26H31N5O3S. The van der Waals surface area contributed by atoms with Gasteiger partial charge in [0.05, 0.1) is 22.1 Å². The highest BCUT2D eigenvalue weighted by atomic mass is 32.2. The van der Waals surface area contributed by atoms with Gasteiger partial charge in [-0.2, -0.15) is 0 Å². The van der Waals surface area contributed by atoms with Crippen LogP contribution in [0.1, 0.15) is 43.7 Å². The van der Waals surface area contributed by atoms with Gasteiger partial charge in [-0.15, -0.1) is 0 Å². The van der Waals surface area contributed by atoms with Gasteiger partial charge < -0.3 is 15.7 Å². The molecule has 9 heteroatoms. The van der Waals surface area contributed by atoms with E-state index in [9.17, 15) is 13.5 Å². The standard InChI is InChI=1S/C26H31N5O3S/c32-20-13-11-19(12-14-20)27-24-15-22(35(33,34)21-9-5-2-6-10-21)16-25(28-24)29-26-17-23(30-31-26)18-7-3-1-4-8-18/h1-10,15-16,19-20,23,26,30-32H,11-14,17H2,(H2,27,28,29). The summed E-state index contributed by atoms with van der Waals surface area (Å²) in [4.78, 5) is 5.13. The summed E-state index contributed by atoms with van der Waals surface area (Å²) in [6, 6.07) is 22.1. The van der Waals surface area contributed by atoms with Crippen molar-refractivity contribution in [3.05, 3.63) is 78.4 Å². The van der Waals surface area contributed by atoms with Gasteiger partial charge in [-0.1, -0.05) is 48.5 Å². The van der Waals surface area contributed by atoms with E-state index in [2.05, 4.69) is 33.6 Å². The van der Waals surface area contributed by atoms with Crippen LogP contribution in [0.15, 0.2) is 82.6 Å². The van der Waals surface area contributed by atoms with Crippen LogP contribution in [0.5, 0.6) is 0 Å². The van der Waals surface area contributed by atoms with Gasteiger partial charge in [0.15, 0.2) is 0 Å². The van der Waals surface area contributed by atoms with Crippen LogP contribution >= 0.6 is 0 Å². The first kappa shape index (κ1) is 23.7. The van der Waals surface area contributed by atoms with Crippen molar-refractivity contribution in [3.63, 3.8) is 0 Å². The maximum Gasteiger partial charge on any atom is 0.206 e. The molecule has 2 aromatic carbocycles. The molecule has 2 aliphatic rings. The molecule has 2 unspecified atom stereocenters. The molecule has 2 atom stereocenters. The number of pyridine rings is 1. The highest BCUT2D eigenvalue weighted by Crippen LogP contribution is 2.29. The van der Waals surface area contributed by atoms with E-state index in [0.29, 0.717) is 11.6 Å².